The highest BCUT2D eigenvalue weighted by molar-refractivity contribution is 5.93. The summed E-state index contributed by atoms with van der Waals surface area (Å²) >= 11 is 0. The molecule has 0 unspecified atom stereocenters. The van der Waals surface area contributed by atoms with Crippen LogP contribution in [0.25, 0.3) is 11.5 Å². The zero-order valence-corrected chi connectivity index (χ0v) is 9.27. The number of rotatable bonds is 5. The van der Waals surface area contributed by atoms with Crippen molar-refractivity contribution in [3.05, 3.63) is 30.2 Å². The Morgan fingerprint density at radius 3 is 3.18 bits per heavy atom. The second kappa shape index (κ2) is 5.31. The van der Waals surface area contributed by atoms with Gasteiger partial charge < -0.3 is 15.5 Å². The molecule has 0 saturated carbocycles. The molecule has 0 aliphatic carbocycles. The molecule has 0 atom stereocenters. The highest BCUT2D eigenvalue weighted by Crippen LogP contribution is 2.17. The highest BCUT2D eigenvalue weighted by atomic mass is 16.3. The summed E-state index contributed by atoms with van der Waals surface area (Å²) in [7, 11) is 0. The van der Waals surface area contributed by atoms with Crippen LogP contribution in [-0.2, 0) is 0 Å². The van der Waals surface area contributed by atoms with E-state index in [9.17, 15) is 4.79 Å². The van der Waals surface area contributed by atoms with E-state index < -0.39 is 0 Å². The van der Waals surface area contributed by atoms with Gasteiger partial charge in [-0.25, -0.2) is 0 Å². The van der Waals surface area contributed by atoms with Crippen molar-refractivity contribution in [3.63, 3.8) is 0 Å². The fraction of sp³-hybridized carbons (Fsp3) is 0.273. The van der Waals surface area contributed by atoms with E-state index in [0.717, 1.165) is 6.42 Å². The zero-order valence-electron chi connectivity index (χ0n) is 9.27. The first-order valence-corrected chi connectivity index (χ1v) is 5.39. The van der Waals surface area contributed by atoms with Crippen LogP contribution < -0.4 is 11.1 Å². The topological polar surface area (TPSA) is 96.9 Å². The van der Waals surface area contributed by atoms with Gasteiger partial charge in [-0.3, -0.25) is 9.89 Å². The normalized spacial score (nSPS) is 10.4. The van der Waals surface area contributed by atoms with Gasteiger partial charge in [0.05, 0.1) is 6.26 Å². The highest BCUT2D eigenvalue weighted by Gasteiger charge is 2.11. The SMILES string of the molecule is NCCCNC(=O)c1cc(-c2ccco2)[nH]n1. The molecule has 17 heavy (non-hydrogen) atoms. The zero-order chi connectivity index (χ0) is 12.1. The second-order valence-corrected chi connectivity index (χ2v) is 3.54. The van der Waals surface area contributed by atoms with Gasteiger partial charge in [0, 0.05) is 12.6 Å². The molecule has 6 nitrogen and oxygen atoms in total. The maximum atomic E-state index is 11.6. The average molecular weight is 234 g/mol. The van der Waals surface area contributed by atoms with Crippen molar-refractivity contribution in [2.24, 2.45) is 5.73 Å². The van der Waals surface area contributed by atoms with E-state index in [-0.39, 0.29) is 5.91 Å². The van der Waals surface area contributed by atoms with Gasteiger partial charge in [-0.1, -0.05) is 0 Å². The van der Waals surface area contributed by atoms with Crippen molar-refractivity contribution in [1.82, 2.24) is 15.5 Å². The number of carbonyl (C=O) groups is 1. The molecule has 0 aliphatic heterocycles. The molecule has 0 saturated heterocycles. The number of hydrogen-bond donors (Lipinski definition) is 3. The van der Waals surface area contributed by atoms with Crippen LogP contribution in [-0.4, -0.2) is 29.2 Å². The molecule has 0 bridgehead atoms. The van der Waals surface area contributed by atoms with Crippen molar-refractivity contribution in [3.8, 4) is 11.5 Å². The lowest BCUT2D eigenvalue weighted by atomic mass is 10.3. The molecule has 0 fully saturated rings. The summed E-state index contributed by atoms with van der Waals surface area (Å²) in [5, 5.41) is 9.40. The first-order chi connectivity index (χ1) is 8.31. The third-order valence-electron chi connectivity index (χ3n) is 2.26. The predicted octanol–water partition coefficient (Wildman–Crippen LogP) is 0.748. The Kier molecular flexibility index (Phi) is 3.56. The van der Waals surface area contributed by atoms with Crippen molar-refractivity contribution in [2.45, 2.75) is 6.42 Å². The summed E-state index contributed by atoms with van der Waals surface area (Å²) in [4.78, 5) is 11.6. The average Bonchev–Trinajstić information content (AvgIpc) is 3.00. The Bertz CT molecular complexity index is 475. The van der Waals surface area contributed by atoms with Crippen LogP contribution in [0.2, 0.25) is 0 Å². The summed E-state index contributed by atoms with van der Waals surface area (Å²) in [6.07, 6.45) is 2.32. The number of nitrogens with zero attached hydrogens (tertiary/aromatic N) is 1. The van der Waals surface area contributed by atoms with Crippen molar-refractivity contribution < 1.29 is 9.21 Å². The predicted molar refractivity (Wildman–Crippen MR) is 62.3 cm³/mol. The molecule has 4 N–H and O–H groups in total. The molecule has 2 heterocycles. The molecule has 90 valence electrons. The lowest BCUT2D eigenvalue weighted by Crippen LogP contribution is -2.26. The number of aromatic nitrogens is 2. The summed E-state index contributed by atoms with van der Waals surface area (Å²) in [5.41, 5.74) is 6.36. The number of aromatic amines is 1. The summed E-state index contributed by atoms with van der Waals surface area (Å²) in [6, 6.07) is 5.22. The van der Waals surface area contributed by atoms with Gasteiger partial charge in [-0.05, 0) is 25.1 Å². The fourth-order valence-corrected chi connectivity index (χ4v) is 1.39. The third kappa shape index (κ3) is 2.73. The second-order valence-electron chi connectivity index (χ2n) is 3.54. The molecule has 0 aliphatic rings. The number of hydrogen-bond acceptors (Lipinski definition) is 4. The number of furan rings is 1. The van der Waals surface area contributed by atoms with Crippen LogP contribution >= 0.6 is 0 Å². The van der Waals surface area contributed by atoms with Gasteiger partial charge in [-0.15, -0.1) is 0 Å². The van der Waals surface area contributed by atoms with Crippen LogP contribution in [0.3, 0.4) is 0 Å². The van der Waals surface area contributed by atoms with Crippen LogP contribution in [0.4, 0.5) is 0 Å². The van der Waals surface area contributed by atoms with Crippen molar-refractivity contribution in [2.75, 3.05) is 13.1 Å². The van der Waals surface area contributed by atoms with E-state index in [1.807, 2.05) is 0 Å². The summed E-state index contributed by atoms with van der Waals surface area (Å²) < 4.78 is 5.19. The number of nitrogens with two attached hydrogens (primary N) is 1. The third-order valence-corrected chi connectivity index (χ3v) is 2.26. The van der Waals surface area contributed by atoms with Gasteiger partial charge >= 0.3 is 0 Å². The minimum atomic E-state index is -0.215. The Morgan fingerprint density at radius 2 is 2.47 bits per heavy atom. The molecular formula is C11H14N4O2. The summed E-state index contributed by atoms with van der Waals surface area (Å²) in [5.74, 6) is 0.436. The number of carbonyl (C=O) groups excluding carboxylic acids is 1. The molecule has 0 radical (unpaired) electrons. The smallest absolute Gasteiger partial charge is 0.271 e. The van der Waals surface area contributed by atoms with E-state index in [2.05, 4.69) is 15.5 Å². The van der Waals surface area contributed by atoms with Gasteiger partial charge in [-0.2, -0.15) is 5.10 Å². The number of amides is 1. The van der Waals surface area contributed by atoms with Crippen LogP contribution in [0.5, 0.6) is 0 Å². The fourth-order valence-electron chi connectivity index (χ4n) is 1.39. The van der Waals surface area contributed by atoms with Gasteiger partial charge in [0.2, 0.25) is 0 Å². The van der Waals surface area contributed by atoms with Gasteiger partial charge in [0.25, 0.3) is 5.91 Å². The monoisotopic (exact) mass is 234 g/mol. The lowest BCUT2D eigenvalue weighted by Gasteiger charge is -1.99. The molecular weight excluding hydrogens is 220 g/mol. The van der Waals surface area contributed by atoms with Crippen LogP contribution in [0.15, 0.2) is 28.9 Å². The minimum absolute atomic E-state index is 0.215. The van der Waals surface area contributed by atoms with Crippen molar-refractivity contribution >= 4 is 5.91 Å². The lowest BCUT2D eigenvalue weighted by molar-refractivity contribution is 0.0948. The van der Waals surface area contributed by atoms with E-state index in [4.69, 9.17) is 10.2 Å². The maximum Gasteiger partial charge on any atom is 0.271 e. The first-order valence-electron chi connectivity index (χ1n) is 5.39. The first kappa shape index (κ1) is 11.4. The molecule has 2 aromatic rings. The Morgan fingerprint density at radius 1 is 1.59 bits per heavy atom. The van der Waals surface area contributed by atoms with Gasteiger partial charge in [0.1, 0.15) is 5.69 Å². The molecule has 1 amide bonds. The van der Waals surface area contributed by atoms with E-state index in [1.165, 1.54) is 0 Å². The molecule has 2 rings (SSSR count). The molecule has 0 spiro atoms. The maximum absolute atomic E-state index is 11.6. The Hall–Kier alpha value is -2.08. The minimum Gasteiger partial charge on any atom is -0.463 e. The largest absolute Gasteiger partial charge is 0.463 e. The van der Waals surface area contributed by atoms with Gasteiger partial charge in [0.15, 0.2) is 11.5 Å². The molecule has 2 aromatic heterocycles. The quantitative estimate of drug-likeness (QED) is 0.665. The van der Waals surface area contributed by atoms with E-state index >= 15 is 0 Å². The Balaban J connectivity index is 2.01. The standard InChI is InChI=1S/C11H14N4O2/c12-4-2-5-13-11(16)9-7-8(14-15-9)10-3-1-6-17-10/h1,3,6-7H,2,4-5,12H2,(H,13,16)(H,14,15). The summed E-state index contributed by atoms with van der Waals surface area (Å²) in [6.45, 7) is 1.11. The Labute approximate surface area is 98.2 Å². The van der Waals surface area contributed by atoms with E-state index in [1.54, 1.807) is 24.5 Å². The molecule has 0 aromatic carbocycles. The molecule has 6 heteroatoms. The van der Waals surface area contributed by atoms with Crippen molar-refractivity contribution in [1.29, 1.82) is 0 Å². The van der Waals surface area contributed by atoms with Crippen LogP contribution in [0, 0.1) is 0 Å². The number of nitrogens with one attached hydrogen (secondary N) is 2. The van der Waals surface area contributed by atoms with Crippen LogP contribution in [0.1, 0.15) is 16.9 Å². The van der Waals surface area contributed by atoms with E-state index in [0.29, 0.717) is 30.2 Å². The number of H-pyrrole nitrogens is 1.